The van der Waals surface area contributed by atoms with Crippen molar-refractivity contribution in [3.63, 3.8) is 0 Å². The van der Waals surface area contributed by atoms with Crippen molar-refractivity contribution in [3.8, 4) is 0 Å². The molecular weight excluding hydrogens is 291 g/mol. The number of piperidine rings is 1. The summed E-state index contributed by atoms with van der Waals surface area (Å²) < 4.78 is 44.7. The highest BCUT2D eigenvalue weighted by Gasteiger charge is 2.52. The van der Waals surface area contributed by atoms with E-state index in [9.17, 15) is 22.8 Å². The number of carbonyl (C=O) groups is 2. The van der Waals surface area contributed by atoms with Gasteiger partial charge >= 0.3 is 18.2 Å². The lowest BCUT2D eigenvalue weighted by Crippen LogP contribution is -2.57. The van der Waals surface area contributed by atoms with Crippen molar-refractivity contribution in [2.45, 2.75) is 57.9 Å². The first-order chi connectivity index (χ1) is 9.42. The quantitative estimate of drug-likeness (QED) is 0.851. The lowest BCUT2D eigenvalue weighted by Gasteiger charge is -2.41. The van der Waals surface area contributed by atoms with Crippen LogP contribution >= 0.6 is 0 Å². The lowest BCUT2D eigenvalue weighted by molar-refractivity contribution is -0.202. The SMILES string of the molecule is CC(C)(C)OC(=O)N1CCC[C@@H](CC(=O)O)[C@@H]1C(F)(F)F. The third-order valence-electron chi connectivity index (χ3n) is 3.16. The molecule has 1 saturated heterocycles. The summed E-state index contributed by atoms with van der Waals surface area (Å²) in [5, 5.41) is 8.76. The number of hydrogen-bond acceptors (Lipinski definition) is 3. The molecule has 122 valence electrons. The minimum absolute atomic E-state index is 0.0881. The zero-order valence-corrected chi connectivity index (χ0v) is 12.2. The third kappa shape index (κ3) is 5.09. The van der Waals surface area contributed by atoms with Gasteiger partial charge in [0, 0.05) is 6.54 Å². The number of nitrogens with zero attached hydrogens (tertiary/aromatic N) is 1. The van der Waals surface area contributed by atoms with Crippen LogP contribution in [0, 0.1) is 5.92 Å². The predicted octanol–water partition coefficient (Wildman–Crippen LogP) is 3.04. The van der Waals surface area contributed by atoms with Crippen LogP contribution in [0.2, 0.25) is 0 Å². The Labute approximate surface area is 121 Å². The summed E-state index contributed by atoms with van der Waals surface area (Å²) in [6, 6.07) is -2.11. The van der Waals surface area contributed by atoms with Crippen molar-refractivity contribution >= 4 is 12.1 Å². The number of alkyl halides is 3. The number of amides is 1. The topological polar surface area (TPSA) is 66.8 Å². The maximum Gasteiger partial charge on any atom is 0.410 e. The highest BCUT2D eigenvalue weighted by Crippen LogP contribution is 2.38. The van der Waals surface area contributed by atoms with Crippen molar-refractivity contribution in [3.05, 3.63) is 0 Å². The van der Waals surface area contributed by atoms with Crippen LogP contribution in [0.5, 0.6) is 0 Å². The Morgan fingerprint density at radius 1 is 1.29 bits per heavy atom. The highest BCUT2D eigenvalue weighted by atomic mass is 19.4. The first-order valence-corrected chi connectivity index (χ1v) is 6.70. The number of likely N-dealkylation sites (tertiary alicyclic amines) is 1. The van der Waals surface area contributed by atoms with Crippen molar-refractivity contribution in [2.24, 2.45) is 5.92 Å². The van der Waals surface area contributed by atoms with E-state index in [0.717, 1.165) is 0 Å². The molecule has 1 heterocycles. The van der Waals surface area contributed by atoms with Gasteiger partial charge in [0.1, 0.15) is 11.6 Å². The third-order valence-corrected chi connectivity index (χ3v) is 3.16. The van der Waals surface area contributed by atoms with E-state index in [-0.39, 0.29) is 13.0 Å². The summed E-state index contributed by atoms with van der Waals surface area (Å²) in [5.74, 6) is -2.45. The molecule has 0 aliphatic carbocycles. The van der Waals surface area contributed by atoms with Crippen molar-refractivity contribution in [1.29, 1.82) is 0 Å². The minimum Gasteiger partial charge on any atom is -0.481 e. The summed E-state index contributed by atoms with van der Waals surface area (Å²) >= 11 is 0. The van der Waals surface area contributed by atoms with Crippen LogP contribution in [-0.4, -0.2) is 46.4 Å². The van der Waals surface area contributed by atoms with Gasteiger partial charge in [0.15, 0.2) is 0 Å². The van der Waals surface area contributed by atoms with Crippen LogP contribution in [0.15, 0.2) is 0 Å². The second-order valence-corrected chi connectivity index (χ2v) is 6.16. The summed E-state index contributed by atoms with van der Waals surface area (Å²) in [6.45, 7) is 4.60. The fraction of sp³-hybridized carbons (Fsp3) is 0.846. The number of rotatable bonds is 2. The van der Waals surface area contributed by atoms with Crippen LogP contribution in [0.25, 0.3) is 0 Å². The molecule has 0 radical (unpaired) electrons. The molecule has 0 aromatic rings. The number of ether oxygens (including phenoxy) is 1. The molecule has 0 saturated carbocycles. The summed E-state index contributed by atoms with van der Waals surface area (Å²) in [7, 11) is 0. The molecule has 1 amide bonds. The number of carboxylic acid groups (broad SMARTS) is 1. The summed E-state index contributed by atoms with van der Waals surface area (Å²) in [4.78, 5) is 23.3. The lowest BCUT2D eigenvalue weighted by atomic mass is 9.86. The first-order valence-electron chi connectivity index (χ1n) is 6.70. The Kier molecular flexibility index (Phi) is 5.11. The van der Waals surface area contributed by atoms with Crippen molar-refractivity contribution in [2.75, 3.05) is 6.54 Å². The zero-order valence-electron chi connectivity index (χ0n) is 12.2. The van der Waals surface area contributed by atoms with E-state index in [0.29, 0.717) is 11.3 Å². The van der Waals surface area contributed by atoms with Gasteiger partial charge in [-0.3, -0.25) is 9.69 Å². The van der Waals surface area contributed by atoms with Crippen LogP contribution in [0.3, 0.4) is 0 Å². The molecule has 0 spiro atoms. The van der Waals surface area contributed by atoms with Gasteiger partial charge in [0.05, 0.1) is 6.42 Å². The Hall–Kier alpha value is -1.47. The fourth-order valence-corrected chi connectivity index (χ4v) is 2.48. The van der Waals surface area contributed by atoms with E-state index in [4.69, 9.17) is 9.84 Å². The molecule has 21 heavy (non-hydrogen) atoms. The number of hydrogen-bond donors (Lipinski definition) is 1. The molecule has 0 aromatic heterocycles. The number of halogens is 3. The number of carboxylic acids is 1. The standard InChI is InChI=1S/C13H20F3NO4/c1-12(2,3)21-11(20)17-6-4-5-8(7-9(18)19)10(17)13(14,15)16/h8,10H,4-7H2,1-3H3,(H,18,19)/t8-,10+/m0/s1. The van der Waals surface area contributed by atoms with Gasteiger partial charge < -0.3 is 9.84 Å². The first kappa shape index (κ1) is 17.6. The second kappa shape index (κ2) is 6.11. The molecule has 1 N–H and O–H groups in total. The molecule has 1 rings (SSSR count). The van der Waals surface area contributed by atoms with E-state index in [1.165, 1.54) is 0 Å². The molecular formula is C13H20F3NO4. The van der Waals surface area contributed by atoms with Gasteiger partial charge in [-0.2, -0.15) is 13.2 Å². The number of aliphatic carboxylic acids is 1. The van der Waals surface area contributed by atoms with E-state index in [2.05, 4.69) is 0 Å². The largest absolute Gasteiger partial charge is 0.481 e. The second-order valence-electron chi connectivity index (χ2n) is 6.16. The molecule has 1 aliphatic rings. The van der Waals surface area contributed by atoms with E-state index < -0.39 is 42.2 Å². The smallest absolute Gasteiger partial charge is 0.410 e. The van der Waals surface area contributed by atoms with E-state index in [1.807, 2.05) is 0 Å². The monoisotopic (exact) mass is 311 g/mol. The zero-order chi connectivity index (χ0) is 16.4. The van der Waals surface area contributed by atoms with Gasteiger partial charge in [-0.25, -0.2) is 4.79 Å². The van der Waals surface area contributed by atoms with Crippen LogP contribution < -0.4 is 0 Å². The molecule has 1 aliphatic heterocycles. The Balaban J connectivity index is 2.99. The Morgan fingerprint density at radius 2 is 1.86 bits per heavy atom. The molecule has 0 aromatic carbocycles. The maximum atomic E-state index is 13.2. The molecule has 2 atom stereocenters. The summed E-state index contributed by atoms with van der Waals surface area (Å²) in [6.07, 6.45) is -5.92. The fourth-order valence-electron chi connectivity index (χ4n) is 2.48. The maximum absolute atomic E-state index is 13.2. The molecule has 1 fully saturated rings. The molecule has 0 bridgehead atoms. The molecule has 0 unspecified atom stereocenters. The van der Waals surface area contributed by atoms with Gasteiger partial charge in [0.2, 0.25) is 0 Å². The van der Waals surface area contributed by atoms with Crippen LogP contribution in [0.4, 0.5) is 18.0 Å². The average Bonchev–Trinajstić information content (AvgIpc) is 2.23. The molecule has 5 nitrogen and oxygen atoms in total. The van der Waals surface area contributed by atoms with Crippen LogP contribution in [-0.2, 0) is 9.53 Å². The van der Waals surface area contributed by atoms with Crippen molar-refractivity contribution < 1.29 is 32.6 Å². The predicted molar refractivity (Wildman–Crippen MR) is 67.8 cm³/mol. The van der Waals surface area contributed by atoms with Crippen LogP contribution in [0.1, 0.15) is 40.0 Å². The Morgan fingerprint density at radius 3 is 2.29 bits per heavy atom. The van der Waals surface area contributed by atoms with Crippen molar-refractivity contribution in [1.82, 2.24) is 4.90 Å². The molecule has 8 heteroatoms. The minimum atomic E-state index is -4.68. The normalized spacial score (nSPS) is 23.8. The Bertz CT molecular complexity index is 403. The number of carbonyl (C=O) groups excluding carboxylic acids is 1. The van der Waals surface area contributed by atoms with E-state index >= 15 is 0 Å². The van der Waals surface area contributed by atoms with Gasteiger partial charge in [-0.1, -0.05) is 0 Å². The van der Waals surface area contributed by atoms with Gasteiger partial charge in [0.25, 0.3) is 0 Å². The van der Waals surface area contributed by atoms with E-state index in [1.54, 1.807) is 20.8 Å². The highest BCUT2D eigenvalue weighted by molar-refractivity contribution is 5.70. The average molecular weight is 311 g/mol. The van der Waals surface area contributed by atoms with Gasteiger partial charge in [-0.15, -0.1) is 0 Å². The summed E-state index contributed by atoms with van der Waals surface area (Å²) in [5.41, 5.74) is -0.910. The van der Waals surface area contributed by atoms with Gasteiger partial charge in [-0.05, 0) is 39.5 Å².